The van der Waals surface area contributed by atoms with E-state index in [9.17, 15) is 4.79 Å². The number of ether oxygens (including phenoxy) is 1. The summed E-state index contributed by atoms with van der Waals surface area (Å²) in [6.45, 7) is 3.83. The minimum atomic E-state index is -0.315. The van der Waals surface area contributed by atoms with Crippen LogP contribution < -0.4 is 5.73 Å². The molecule has 1 rings (SSSR count). The van der Waals surface area contributed by atoms with Gasteiger partial charge >= 0.3 is 0 Å². The molecule has 0 saturated heterocycles. The van der Waals surface area contributed by atoms with Crippen molar-refractivity contribution in [1.29, 1.82) is 0 Å². The summed E-state index contributed by atoms with van der Waals surface area (Å²) < 4.78 is 5.01. The zero-order valence-corrected chi connectivity index (χ0v) is 7.62. The molecule has 1 aliphatic rings. The van der Waals surface area contributed by atoms with Crippen LogP contribution in [0.1, 0.15) is 6.42 Å². The Kier molecular flexibility index (Phi) is 2.90. The molecule has 0 aliphatic heterocycles. The van der Waals surface area contributed by atoms with Gasteiger partial charge in [-0.05, 0) is 17.7 Å². The van der Waals surface area contributed by atoms with Gasteiger partial charge in [0.15, 0.2) is 0 Å². The highest BCUT2D eigenvalue weighted by molar-refractivity contribution is 5.75. The van der Waals surface area contributed by atoms with Crippen molar-refractivity contribution in [1.82, 2.24) is 0 Å². The first-order valence-electron chi connectivity index (χ1n) is 4.04. The third kappa shape index (κ3) is 2.47. The van der Waals surface area contributed by atoms with Gasteiger partial charge in [0.1, 0.15) is 5.76 Å². The van der Waals surface area contributed by atoms with Crippen LogP contribution in [0.4, 0.5) is 0 Å². The minimum Gasteiger partial charge on any atom is -0.497 e. The Morgan fingerprint density at radius 1 is 1.77 bits per heavy atom. The first kappa shape index (κ1) is 9.58. The van der Waals surface area contributed by atoms with Gasteiger partial charge in [-0.3, -0.25) is 4.79 Å². The first-order valence-corrected chi connectivity index (χ1v) is 4.04. The molecule has 1 atom stereocenters. The van der Waals surface area contributed by atoms with Gasteiger partial charge < -0.3 is 10.5 Å². The topological polar surface area (TPSA) is 52.3 Å². The van der Waals surface area contributed by atoms with E-state index in [-0.39, 0.29) is 11.8 Å². The summed E-state index contributed by atoms with van der Waals surface area (Å²) in [7, 11) is 1.60. The smallest absolute Gasteiger partial charge is 0.218 e. The summed E-state index contributed by atoms with van der Waals surface area (Å²) in [4.78, 5) is 10.7. The van der Waals surface area contributed by atoms with E-state index in [4.69, 9.17) is 10.5 Å². The van der Waals surface area contributed by atoms with Crippen LogP contribution in [0.2, 0.25) is 0 Å². The van der Waals surface area contributed by atoms with E-state index in [0.717, 1.165) is 11.3 Å². The summed E-state index contributed by atoms with van der Waals surface area (Å²) in [5.41, 5.74) is 5.95. The summed E-state index contributed by atoms with van der Waals surface area (Å²) >= 11 is 0. The van der Waals surface area contributed by atoms with Crippen LogP contribution in [0.15, 0.2) is 36.1 Å². The summed E-state index contributed by atoms with van der Waals surface area (Å²) in [6.07, 6.45) is 5.82. The van der Waals surface area contributed by atoms with Crippen molar-refractivity contribution in [3.8, 4) is 0 Å². The Labute approximate surface area is 77.6 Å². The third-order valence-corrected chi connectivity index (χ3v) is 1.95. The Morgan fingerprint density at radius 2 is 2.46 bits per heavy atom. The maximum absolute atomic E-state index is 10.7. The number of carbonyl (C=O) groups excluding carboxylic acids is 1. The molecule has 70 valence electrons. The van der Waals surface area contributed by atoms with E-state index in [2.05, 4.69) is 6.58 Å². The molecule has 0 aromatic rings. The van der Waals surface area contributed by atoms with Crippen LogP contribution in [0.3, 0.4) is 0 Å². The molecular weight excluding hydrogens is 166 g/mol. The van der Waals surface area contributed by atoms with E-state index in [1.165, 1.54) is 0 Å². The molecule has 3 heteroatoms. The fourth-order valence-electron chi connectivity index (χ4n) is 1.22. The molecular formula is C10H13NO2. The van der Waals surface area contributed by atoms with Gasteiger partial charge in [-0.1, -0.05) is 12.7 Å². The fraction of sp³-hybridized carbons (Fsp3) is 0.300. The summed E-state index contributed by atoms with van der Waals surface area (Å²) in [5.74, 6) is 0.465. The van der Waals surface area contributed by atoms with Crippen molar-refractivity contribution in [2.24, 2.45) is 11.7 Å². The monoisotopic (exact) mass is 179 g/mol. The highest BCUT2D eigenvalue weighted by Crippen LogP contribution is 2.23. The molecule has 0 bridgehead atoms. The minimum absolute atomic E-state index is 0.0244. The Balaban J connectivity index is 2.66. The molecule has 0 radical (unpaired) electrons. The predicted octanol–water partition coefficient (Wildman–Crippen LogP) is 1.13. The molecule has 1 amide bonds. The van der Waals surface area contributed by atoms with Gasteiger partial charge in [0.2, 0.25) is 5.91 Å². The lowest BCUT2D eigenvalue weighted by Gasteiger charge is -2.16. The number of hydrogen-bond acceptors (Lipinski definition) is 2. The molecule has 1 unspecified atom stereocenters. The van der Waals surface area contributed by atoms with Gasteiger partial charge in [0.05, 0.1) is 7.11 Å². The maximum Gasteiger partial charge on any atom is 0.218 e. The first-order chi connectivity index (χ1) is 6.13. The number of hydrogen-bond donors (Lipinski definition) is 1. The van der Waals surface area contributed by atoms with Crippen molar-refractivity contribution in [2.75, 3.05) is 7.11 Å². The van der Waals surface area contributed by atoms with Crippen molar-refractivity contribution in [3.05, 3.63) is 36.1 Å². The van der Waals surface area contributed by atoms with Crippen LogP contribution in [0.5, 0.6) is 0 Å². The maximum atomic E-state index is 10.7. The second-order valence-electron chi connectivity index (χ2n) is 2.96. The van der Waals surface area contributed by atoms with E-state index in [1.807, 2.05) is 18.2 Å². The highest BCUT2D eigenvalue weighted by Gasteiger charge is 2.14. The van der Waals surface area contributed by atoms with Crippen LogP contribution >= 0.6 is 0 Å². The lowest BCUT2D eigenvalue weighted by atomic mass is 9.92. The molecule has 13 heavy (non-hydrogen) atoms. The fourth-order valence-corrected chi connectivity index (χ4v) is 1.22. The molecule has 0 heterocycles. The zero-order valence-electron chi connectivity index (χ0n) is 7.62. The van der Waals surface area contributed by atoms with Crippen LogP contribution in [-0.4, -0.2) is 13.0 Å². The van der Waals surface area contributed by atoms with E-state index < -0.39 is 0 Å². The van der Waals surface area contributed by atoms with Gasteiger partial charge in [-0.25, -0.2) is 0 Å². The van der Waals surface area contributed by atoms with Crippen LogP contribution in [-0.2, 0) is 9.53 Å². The Hall–Kier alpha value is -1.51. The highest BCUT2D eigenvalue weighted by atomic mass is 16.5. The van der Waals surface area contributed by atoms with Crippen molar-refractivity contribution >= 4 is 5.91 Å². The molecule has 0 aromatic heterocycles. The van der Waals surface area contributed by atoms with E-state index in [1.54, 1.807) is 7.11 Å². The lowest BCUT2D eigenvalue weighted by Crippen LogP contribution is -2.17. The number of carbonyl (C=O) groups is 1. The standard InChI is InChI=1S/C10H13NO2/c1-7-5-9(13-2)4-3-8(7)6-10(11)12/h3-5,8H,1,6H2,2H3,(H2,11,12). The number of rotatable bonds is 3. The van der Waals surface area contributed by atoms with Crippen molar-refractivity contribution in [2.45, 2.75) is 6.42 Å². The molecule has 0 spiro atoms. The van der Waals surface area contributed by atoms with E-state index >= 15 is 0 Å². The zero-order chi connectivity index (χ0) is 9.84. The molecule has 0 aromatic carbocycles. The van der Waals surface area contributed by atoms with Crippen LogP contribution in [0.25, 0.3) is 0 Å². The summed E-state index contributed by atoms with van der Waals surface area (Å²) in [5, 5.41) is 0. The number of methoxy groups -OCH3 is 1. The largest absolute Gasteiger partial charge is 0.497 e. The average molecular weight is 179 g/mol. The molecule has 2 N–H and O–H groups in total. The average Bonchev–Trinajstić information content (AvgIpc) is 2.08. The summed E-state index contributed by atoms with van der Waals surface area (Å²) in [6, 6.07) is 0. The van der Waals surface area contributed by atoms with Gasteiger partial charge in [-0.2, -0.15) is 0 Å². The molecule has 0 saturated carbocycles. The predicted molar refractivity (Wildman–Crippen MR) is 50.7 cm³/mol. The number of nitrogens with two attached hydrogens (primary N) is 1. The molecule has 3 nitrogen and oxygen atoms in total. The van der Waals surface area contributed by atoms with Gasteiger partial charge in [0.25, 0.3) is 0 Å². The quantitative estimate of drug-likeness (QED) is 0.706. The number of amides is 1. The molecule has 0 fully saturated rings. The number of allylic oxidation sites excluding steroid dienone is 4. The SMILES string of the molecule is C=C1C=C(OC)C=CC1CC(N)=O. The van der Waals surface area contributed by atoms with Gasteiger partial charge in [0, 0.05) is 12.3 Å². The second kappa shape index (κ2) is 3.94. The lowest BCUT2D eigenvalue weighted by molar-refractivity contribution is -0.118. The van der Waals surface area contributed by atoms with E-state index in [0.29, 0.717) is 6.42 Å². The van der Waals surface area contributed by atoms with Gasteiger partial charge in [-0.15, -0.1) is 0 Å². The third-order valence-electron chi connectivity index (χ3n) is 1.95. The van der Waals surface area contributed by atoms with Crippen molar-refractivity contribution < 1.29 is 9.53 Å². The van der Waals surface area contributed by atoms with Crippen LogP contribution in [0, 0.1) is 5.92 Å². The van der Waals surface area contributed by atoms with Crippen molar-refractivity contribution in [3.63, 3.8) is 0 Å². The number of primary amides is 1. The molecule has 1 aliphatic carbocycles. The Morgan fingerprint density at radius 3 is 2.92 bits per heavy atom. The normalized spacial score (nSPS) is 21.2. The second-order valence-corrected chi connectivity index (χ2v) is 2.96. The Bertz CT molecular complexity index is 289.